The summed E-state index contributed by atoms with van der Waals surface area (Å²) in [6.45, 7) is 12.9. The first kappa shape index (κ1) is 22.8. The van der Waals surface area contributed by atoms with Gasteiger partial charge >= 0.3 is 0 Å². The van der Waals surface area contributed by atoms with Crippen LogP contribution >= 0.6 is 23.5 Å². The zero-order valence-electron chi connectivity index (χ0n) is 18.4. The van der Waals surface area contributed by atoms with Gasteiger partial charge in [0, 0.05) is 56.4 Å². The fourth-order valence-electron chi connectivity index (χ4n) is 4.17. The summed E-state index contributed by atoms with van der Waals surface area (Å²) in [5, 5.41) is 4.90. The average Bonchev–Trinajstić information content (AvgIpc) is 2.82. The smallest absolute Gasteiger partial charge is 0.228 e. The number of ether oxygens (including phenoxy) is 1. The predicted molar refractivity (Wildman–Crippen MR) is 129 cm³/mol. The Kier molecular flexibility index (Phi) is 8.06. The summed E-state index contributed by atoms with van der Waals surface area (Å²) >= 11 is 8.04. The van der Waals surface area contributed by atoms with E-state index in [-0.39, 0.29) is 0 Å². The molecular weight excluding hydrogens is 434 g/mol. The zero-order chi connectivity index (χ0) is 21.6. The Morgan fingerprint density at radius 2 is 2.03 bits per heavy atom. The molecule has 2 fully saturated rings. The second kappa shape index (κ2) is 11.0. The van der Waals surface area contributed by atoms with E-state index in [1.165, 1.54) is 0 Å². The van der Waals surface area contributed by atoms with Crippen molar-refractivity contribution in [1.82, 2.24) is 24.2 Å². The average molecular weight is 466 g/mol. The highest BCUT2D eigenvalue weighted by Crippen LogP contribution is 2.27. The zero-order valence-corrected chi connectivity index (χ0v) is 20.0. The SMILES string of the molecule is CCC1CN(c2nc(NCCSN3CCOCC3)c3cc(Cl)ncc3n2)CCN1CC. The molecule has 170 valence electrons. The molecule has 1 atom stereocenters. The summed E-state index contributed by atoms with van der Waals surface area (Å²) < 4.78 is 7.79. The Labute approximate surface area is 193 Å². The van der Waals surface area contributed by atoms with E-state index < -0.39 is 0 Å². The number of nitrogens with one attached hydrogen (secondary N) is 1. The van der Waals surface area contributed by atoms with Crippen LogP contribution in [0.3, 0.4) is 0 Å². The van der Waals surface area contributed by atoms with Crippen molar-refractivity contribution in [2.75, 3.05) is 75.0 Å². The number of fused-ring (bicyclic) bond motifs is 1. The molecule has 1 unspecified atom stereocenters. The van der Waals surface area contributed by atoms with Gasteiger partial charge in [-0.1, -0.05) is 37.4 Å². The maximum atomic E-state index is 6.18. The maximum Gasteiger partial charge on any atom is 0.228 e. The van der Waals surface area contributed by atoms with Gasteiger partial charge in [0.05, 0.1) is 24.9 Å². The molecule has 8 nitrogen and oxygen atoms in total. The van der Waals surface area contributed by atoms with Crippen LogP contribution in [-0.2, 0) is 4.74 Å². The van der Waals surface area contributed by atoms with Crippen LogP contribution in [0, 0.1) is 0 Å². The van der Waals surface area contributed by atoms with Gasteiger partial charge in [0.25, 0.3) is 0 Å². The number of halogens is 1. The fraction of sp³-hybridized carbons (Fsp3) is 0.667. The van der Waals surface area contributed by atoms with Crippen LogP contribution in [-0.4, -0.2) is 95.0 Å². The molecule has 0 saturated carbocycles. The van der Waals surface area contributed by atoms with Crippen LogP contribution in [0.5, 0.6) is 0 Å². The number of rotatable bonds is 8. The Hall–Kier alpha value is -1.39. The van der Waals surface area contributed by atoms with E-state index in [2.05, 4.69) is 38.3 Å². The molecule has 31 heavy (non-hydrogen) atoms. The molecule has 2 aromatic rings. The number of likely N-dealkylation sites (N-methyl/N-ethyl adjacent to an activating group) is 1. The van der Waals surface area contributed by atoms with Crippen molar-refractivity contribution in [3.05, 3.63) is 17.4 Å². The van der Waals surface area contributed by atoms with E-state index in [1.54, 1.807) is 6.20 Å². The lowest BCUT2D eigenvalue weighted by Crippen LogP contribution is -2.53. The van der Waals surface area contributed by atoms with E-state index in [9.17, 15) is 0 Å². The molecule has 0 radical (unpaired) electrons. The number of anilines is 2. The molecular formula is C21H32ClN7OS. The Balaban J connectivity index is 1.49. The summed E-state index contributed by atoms with van der Waals surface area (Å²) in [6, 6.07) is 2.38. The highest BCUT2D eigenvalue weighted by molar-refractivity contribution is 7.97. The first-order chi connectivity index (χ1) is 15.2. The third-order valence-electron chi connectivity index (χ3n) is 5.94. The summed E-state index contributed by atoms with van der Waals surface area (Å²) in [5.74, 6) is 2.57. The summed E-state index contributed by atoms with van der Waals surface area (Å²) in [6.07, 6.45) is 2.87. The molecule has 2 saturated heterocycles. The minimum Gasteiger partial charge on any atom is -0.379 e. The second-order valence-electron chi connectivity index (χ2n) is 7.83. The van der Waals surface area contributed by atoms with Crippen LogP contribution in [0.2, 0.25) is 5.15 Å². The van der Waals surface area contributed by atoms with Gasteiger partial charge in [-0.2, -0.15) is 4.98 Å². The van der Waals surface area contributed by atoms with Crippen molar-refractivity contribution < 1.29 is 4.74 Å². The highest BCUT2D eigenvalue weighted by atomic mass is 35.5. The summed E-state index contributed by atoms with van der Waals surface area (Å²) in [4.78, 5) is 18.9. The lowest BCUT2D eigenvalue weighted by molar-refractivity contribution is 0.0773. The van der Waals surface area contributed by atoms with Crippen molar-refractivity contribution in [3.63, 3.8) is 0 Å². The predicted octanol–water partition coefficient (Wildman–Crippen LogP) is 2.99. The lowest BCUT2D eigenvalue weighted by atomic mass is 10.1. The van der Waals surface area contributed by atoms with Crippen molar-refractivity contribution in [2.45, 2.75) is 26.3 Å². The third kappa shape index (κ3) is 5.70. The minimum absolute atomic E-state index is 0.456. The van der Waals surface area contributed by atoms with E-state index in [1.807, 2.05) is 18.0 Å². The molecule has 0 aromatic carbocycles. The van der Waals surface area contributed by atoms with E-state index in [0.29, 0.717) is 11.2 Å². The summed E-state index contributed by atoms with van der Waals surface area (Å²) in [5.41, 5.74) is 0.823. The van der Waals surface area contributed by atoms with Crippen LogP contribution in [0.15, 0.2) is 12.3 Å². The molecule has 2 aliphatic heterocycles. The van der Waals surface area contributed by atoms with Crippen LogP contribution in [0.25, 0.3) is 10.9 Å². The topological polar surface area (TPSA) is 69.7 Å². The quantitative estimate of drug-likeness (QED) is 0.360. The third-order valence-corrected chi connectivity index (χ3v) is 7.26. The van der Waals surface area contributed by atoms with E-state index in [4.69, 9.17) is 26.3 Å². The van der Waals surface area contributed by atoms with Gasteiger partial charge in [0.2, 0.25) is 5.95 Å². The molecule has 2 aromatic heterocycles. The van der Waals surface area contributed by atoms with Crippen LogP contribution in [0.1, 0.15) is 20.3 Å². The molecule has 4 rings (SSSR count). The number of nitrogens with zero attached hydrogens (tertiary/aromatic N) is 6. The minimum atomic E-state index is 0.456. The van der Waals surface area contributed by atoms with Crippen molar-refractivity contribution in [2.24, 2.45) is 0 Å². The molecule has 0 aliphatic carbocycles. The molecule has 1 N–H and O–H groups in total. The monoisotopic (exact) mass is 465 g/mol. The van der Waals surface area contributed by atoms with Crippen LogP contribution < -0.4 is 10.2 Å². The van der Waals surface area contributed by atoms with Crippen LogP contribution in [0.4, 0.5) is 11.8 Å². The molecule has 0 bridgehead atoms. The van der Waals surface area contributed by atoms with Gasteiger partial charge in [0.15, 0.2) is 0 Å². The number of hydrogen-bond donors (Lipinski definition) is 1. The fourth-order valence-corrected chi connectivity index (χ4v) is 5.19. The Morgan fingerprint density at radius 1 is 1.19 bits per heavy atom. The standard InChI is InChI=1S/C21H32ClN7OS/c1-3-16-15-28(7-6-27(16)4-2)21-25-18-14-24-19(22)13-17(18)20(26-21)23-5-12-31-29-8-10-30-11-9-29/h13-14,16H,3-12,15H2,1-2H3,(H,23,25,26). The van der Waals surface area contributed by atoms with Crippen molar-refractivity contribution >= 4 is 46.2 Å². The number of morpholine rings is 1. The lowest BCUT2D eigenvalue weighted by Gasteiger charge is -2.40. The van der Waals surface area contributed by atoms with Crippen molar-refractivity contribution in [1.29, 1.82) is 0 Å². The first-order valence-electron chi connectivity index (χ1n) is 11.2. The van der Waals surface area contributed by atoms with Crippen molar-refractivity contribution in [3.8, 4) is 0 Å². The van der Waals surface area contributed by atoms with Gasteiger partial charge in [-0.05, 0) is 19.0 Å². The number of hydrogen-bond acceptors (Lipinski definition) is 9. The first-order valence-corrected chi connectivity index (χ1v) is 12.5. The normalized spacial score (nSPS) is 21.0. The second-order valence-corrected chi connectivity index (χ2v) is 9.40. The van der Waals surface area contributed by atoms with Gasteiger partial charge in [-0.3, -0.25) is 4.90 Å². The van der Waals surface area contributed by atoms with E-state index >= 15 is 0 Å². The molecule has 4 heterocycles. The van der Waals surface area contributed by atoms with Gasteiger partial charge in [-0.25, -0.2) is 14.3 Å². The highest BCUT2D eigenvalue weighted by Gasteiger charge is 2.26. The van der Waals surface area contributed by atoms with Gasteiger partial charge in [-0.15, -0.1) is 0 Å². The maximum absolute atomic E-state index is 6.18. The number of piperazine rings is 1. The molecule has 0 amide bonds. The van der Waals surface area contributed by atoms with E-state index in [0.717, 1.165) is 93.9 Å². The molecule has 10 heteroatoms. The number of pyridine rings is 1. The Bertz CT molecular complexity index is 867. The van der Waals surface area contributed by atoms with Gasteiger partial charge in [0.1, 0.15) is 11.0 Å². The van der Waals surface area contributed by atoms with Gasteiger partial charge < -0.3 is 15.0 Å². The Morgan fingerprint density at radius 3 is 2.81 bits per heavy atom. The summed E-state index contributed by atoms with van der Waals surface area (Å²) in [7, 11) is 0. The number of aromatic nitrogens is 3. The largest absolute Gasteiger partial charge is 0.379 e. The molecule has 2 aliphatic rings. The molecule has 0 spiro atoms.